The van der Waals surface area contributed by atoms with Crippen LogP contribution in [0.5, 0.6) is 0 Å². The summed E-state index contributed by atoms with van der Waals surface area (Å²) in [6.07, 6.45) is 5.03. The quantitative estimate of drug-likeness (QED) is 0.385. The average molecular weight is 257 g/mol. The first-order valence-corrected chi connectivity index (χ1v) is 6.11. The summed E-state index contributed by atoms with van der Waals surface area (Å²) in [5.74, 6) is 0.783. The third-order valence-corrected chi connectivity index (χ3v) is 2.74. The van der Waals surface area contributed by atoms with Gasteiger partial charge in [-0.1, -0.05) is 12.2 Å². The molecule has 1 aromatic heterocycles. The number of nitro benzene ring substituents is 1. The molecule has 1 N–H and O–H groups in total. The van der Waals surface area contributed by atoms with Gasteiger partial charge in [0, 0.05) is 24.1 Å². The van der Waals surface area contributed by atoms with Crippen LogP contribution < -0.4 is 5.32 Å². The SMILES string of the molecule is C/C=C/CCNc1ccc2cc([N+](=O)[O-])ccc2n1. The molecule has 2 aromatic rings. The van der Waals surface area contributed by atoms with Gasteiger partial charge < -0.3 is 5.32 Å². The number of rotatable bonds is 5. The van der Waals surface area contributed by atoms with Crippen LogP contribution in [0.2, 0.25) is 0 Å². The van der Waals surface area contributed by atoms with Gasteiger partial charge in [-0.05, 0) is 31.5 Å². The van der Waals surface area contributed by atoms with E-state index in [9.17, 15) is 10.1 Å². The average Bonchev–Trinajstić information content (AvgIpc) is 2.43. The maximum atomic E-state index is 10.7. The van der Waals surface area contributed by atoms with Crippen LogP contribution in [0.3, 0.4) is 0 Å². The van der Waals surface area contributed by atoms with E-state index in [-0.39, 0.29) is 5.69 Å². The highest BCUT2D eigenvalue weighted by molar-refractivity contribution is 5.82. The van der Waals surface area contributed by atoms with Crippen molar-refractivity contribution in [2.75, 3.05) is 11.9 Å². The topological polar surface area (TPSA) is 68.1 Å². The van der Waals surface area contributed by atoms with Crippen molar-refractivity contribution in [3.63, 3.8) is 0 Å². The molecule has 0 fully saturated rings. The molecule has 0 unspecified atom stereocenters. The zero-order chi connectivity index (χ0) is 13.7. The number of pyridine rings is 1. The summed E-state index contributed by atoms with van der Waals surface area (Å²) < 4.78 is 0. The summed E-state index contributed by atoms with van der Waals surface area (Å²) in [4.78, 5) is 14.7. The van der Waals surface area contributed by atoms with Gasteiger partial charge in [-0.2, -0.15) is 0 Å². The Balaban J connectivity index is 2.17. The summed E-state index contributed by atoms with van der Waals surface area (Å²) >= 11 is 0. The molecule has 1 aromatic carbocycles. The Morgan fingerprint density at radius 3 is 2.95 bits per heavy atom. The van der Waals surface area contributed by atoms with Crippen LogP contribution in [0.15, 0.2) is 42.5 Å². The molecule has 5 heteroatoms. The predicted octanol–water partition coefficient (Wildman–Crippen LogP) is 3.52. The molecule has 1 heterocycles. The Labute approximate surface area is 111 Å². The number of benzene rings is 1. The normalized spacial score (nSPS) is 11.0. The van der Waals surface area contributed by atoms with Gasteiger partial charge in [0.1, 0.15) is 5.82 Å². The van der Waals surface area contributed by atoms with Crippen LogP contribution in [-0.4, -0.2) is 16.5 Å². The second kappa shape index (κ2) is 5.95. The van der Waals surface area contributed by atoms with Gasteiger partial charge in [0.2, 0.25) is 0 Å². The van der Waals surface area contributed by atoms with Crippen LogP contribution >= 0.6 is 0 Å². The summed E-state index contributed by atoms with van der Waals surface area (Å²) in [6.45, 7) is 2.80. The first-order valence-electron chi connectivity index (χ1n) is 6.11. The Morgan fingerprint density at radius 2 is 2.21 bits per heavy atom. The minimum Gasteiger partial charge on any atom is -0.370 e. The van der Waals surface area contributed by atoms with Crippen LogP contribution in [0, 0.1) is 10.1 Å². The van der Waals surface area contributed by atoms with Gasteiger partial charge in [0.15, 0.2) is 0 Å². The zero-order valence-corrected chi connectivity index (χ0v) is 10.7. The number of non-ortho nitro benzene ring substituents is 1. The molecule has 0 atom stereocenters. The molecule has 0 aliphatic carbocycles. The van der Waals surface area contributed by atoms with E-state index in [2.05, 4.69) is 16.4 Å². The van der Waals surface area contributed by atoms with E-state index in [1.165, 1.54) is 12.1 Å². The lowest BCUT2D eigenvalue weighted by Crippen LogP contribution is -2.02. The van der Waals surface area contributed by atoms with Gasteiger partial charge in [-0.15, -0.1) is 0 Å². The molecule has 0 amide bonds. The lowest BCUT2D eigenvalue weighted by molar-refractivity contribution is -0.384. The maximum Gasteiger partial charge on any atom is 0.270 e. The fourth-order valence-corrected chi connectivity index (χ4v) is 1.78. The minimum atomic E-state index is -0.400. The largest absolute Gasteiger partial charge is 0.370 e. The molecule has 0 aliphatic rings. The van der Waals surface area contributed by atoms with Crippen LogP contribution in [-0.2, 0) is 0 Å². The van der Waals surface area contributed by atoms with Gasteiger partial charge in [0.05, 0.1) is 10.4 Å². The van der Waals surface area contributed by atoms with Gasteiger partial charge in [-0.3, -0.25) is 10.1 Å². The highest BCUT2D eigenvalue weighted by Gasteiger charge is 2.06. The number of anilines is 1. The number of hydrogen-bond acceptors (Lipinski definition) is 4. The number of nitrogens with one attached hydrogen (secondary N) is 1. The van der Waals surface area contributed by atoms with Crippen molar-refractivity contribution >= 4 is 22.4 Å². The Bertz CT molecular complexity index is 623. The van der Waals surface area contributed by atoms with Crippen molar-refractivity contribution < 1.29 is 4.92 Å². The number of fused-ring (bicyclic) bond motifs is 1. The van der Waals surface area contributed by atoms with Crippen LogP contribution in [0.4, 0.5) is 11.5 Å². The first kappa shape index (κ1) is 13.0. The van der Waals surface area contributed by atoms with E-state index in [1.54, 1.807) is 6.07 Å². The summed E-state index contributed by atoms with van der Waals surface area (Å²) in [6, 6.07) is 8.35. The van der Waals surface area contributed by atoms with Crippen molar-refractivity contribution in [2.24, 2.45) is 0 Å². The minimum absolute atomic E-state index is 0.0862. The van der Waals surface area contributed by atoms with Gasteiger partial charge >= 0.3 is 0 Å². The zero-order valence-electron chi connectivity index (χ0n) is 10.7. The van der Waals surface area contributed by atoms with E-state index in [1.807, 2.05) is 25.1 Å². The Morgan fingerprint density at radius 1 is 1.37 bits per heavy atom. The van der Waals surface area contributed by atoms with Crippen molar-refractivity contribution in [3.8, 4) is 0 Å². The van der Waals surface area contributed by atoms with Crippen molar-refractivity contribution in [1.82, 2.24) is 4.98 Å². The number of allylic oxidation sites excluding steroid dienone is 1. The molecule has 0 aliphatic heterocycles. The number of nitrogens with zero attached hydrogens (tertiary/aromatic N) is 2. The number of hydrogen-bond donors (Lipinski definition) is 1. The van der Waals surface area contributed by atoms with Crippen LogP contribution in [0.25, 0.3) is 10.9 Å². The van der Waals surface area contributed by atoms with Crippen molar-refractivity contribution in [2.45, 2.75) is 13.3 Å². The molecule has 0 saturated carbocycles. The van der Waals surface area contributed by atoms with Crippen molar-refractivity contribution in [3.05, 3.63) is 52.6 Å². The van der Waals surface area contributed by atoms with Gasteiger partial charge in [0.25, 0.3) is 5.69 Å². The predicted molar refractivity (Wildman–Crippen MR) is 76.3 cm³/mol. The van der Waals surface area contributed by atoms with Crippen molar-refractivity contribution in [1.29, 1.82) is 0 Å². The molecule has 0 spiro atoms. The van der Waals surface area contributed by atoms with E-state index >= 15 is 0 Å². The number of aromatic nitrogens is 1. The molecule has 0 saturated heterocycles. The third-order valence-electron chi connectivity index (χ3n) is 2.74. The lowest BCUT2D eigenvalue weighted by Gasteiger charge is -2.05. The first-order chi connectivity index (χ1) is 9.20. The molecule has 2 rings (SSSR count). The third kappa shape index (κ3) is 3.28. The Hall–Kier alpha value is -2.43. The second-order valence-corrected chi connectivity index (χ2v) is 4.12. The second-order valence-electron chi connectivity index (χ2n) is 4.12. The van der Waals surface area contributed by atoms with E-state index in [4.69, 9.17) is 0 Å². The Kier molecular flexibility index (Phi) is 4.07. The summed E-state index contributed by atoms with van der Waals surface area (Å²) in [5.41, 5.74) is 0.838. The number of nitro groups is 1. The van der Waals surface area contributed by atoms with E-state index < -0.39 is 4.92 Å². The fraction of sp³-hybridized carbons (Fsp3) is 0.214. The summed E-state index contributed by atoms with van der Waals surface area (Å²) in [5, 5.41) is 14.7. The fourth-order valence-electron chi connectivity index (χ4n) is 1.78. The highest BCUT2D eigenvalue weighted by Crippen LogP contribution is 2.20. The monoisotopic (exact) mass is 257 g/mol. The maximum absolute atomic E-state index is 10.7. The smallest absolute Gasteiger partial charge is 0.270 e. The molecular formula is C14H15N3O2. The molecular weight excluding hydrogens is 242 g/mol. The highest BCUT2D eigenvalue weighted by atomic mass is 16.6. The molecule has 0 radical (unpaired) electrons. The molecule has 0 bridgehead atoms. The van der Waals surface area contributed by atoms with Gasteiger partial charge in [-0.25, -0.2) is 4.98 Å². The lowest BCUT2D eigenvalue weighted by atomic mass is 10.2. The molecule has 19 heavy (non-hydrogen) atoms. The molecule has 5 nitrogen and oxygen atoms in total. The molecule has 98 valence electrons. The van der Waals surface area contributed by atoms with E-state index in [0.717, 1.165) is 29.7 Å². The van der Waals surface area contributed by atoms with Crippen LogP contribution in [0.1, 0.15) is 13.3 Å². The summed E-state index contributed by atoms with van der Waals surface area (Å²) in [7, 11) is 0. The standard InChI is InChI=1S/C14H15N3O2/c1-2-3-4-9-15-14-8-5-11-10-12(17(18)19)6-7-13(11)16-14/h2-3,5-8,10H,4,9H2,1H3,(H,15,16)/b3-2+. The van der Waals surface area contributed by atoms with E-state index in [0.29, 0.717) is 0 Å².